The van der Waals surface area contributed by atoms with Gasteiger partial charge in [-0.3, -0.25) is 0 Å². The van der Waals surface area contributed by atoms with Crippen LogP contribution in [-0.4, -0.2) is 48.4 Å². The van der Waals surface area contributed by atoms with Gasteiger partial charge in [-0.15, -0.1) is 0 Å². The Hall–Kier alpha value is -2.29. The molecule has 4 rings (SSSR count). The molecular weight excluding hydrogens is 361 g/mol. The van der Waals surface area contributed by atoms with Crippen molar-refractivity contribution in [2.24, 2.45) is 0 Å². The minimum Gasteiger partial charge on any atom is -0.390 e. The lowest BCUT2D eigenvalue weighted by Gasteiger charge is -2.32. The molecule has 0 unspecified atom stereocenters. The van der Waals surface area contributed by atoms with Gasteiger partial charge < -0.3 is 20.5 Å². The zero-order valence-electron chi connectivity index (χ0n) is 13.7. The number of aliphatic hydroxyl groups excluding tert-OH is 2. The van der Waals surface area contributed by atoms with E-state index < -0.39 is 24.1 Å². The Kier molecular flexibility index (Phi) is 4.47. The maximum atomic E-state index is 14.2. The minimum absolute atomic E-state index is 0.0162. The molecule has 3 aromatic rings. The number of hydrogen-bond acceptors (Lipinski definition) is 6. The Morgan fingerprint density at radius 2 is 2.08 bits per heavy atom. The van der Waals surface area contributed by atoms with E-state index in [0.717, 1.165) is 18.0 Å². The number of anilines is 1. The largest absolute Gasteiger partial charge is 0.390 e. The Morgan fingerprint density at radius 1 is 1.23 bits per heavy atom. The lowest BCUT2D eigenvalue weighted by atomic mass is 9.90. The molecule has 1 saturated carbocycles. The number of aromatic nitrogens is 4. The smallest absolute Gasteiger partial charge is 0.183 e. The second kappa shape index (κ2) is 6.79. The van der Waals surface area contributed by atoms with Crippen LogP contribution in [0.3, 0.4) is 0 Å². The summed E-state index contributed by atoms with van der Waals surface area (Å²) in [6, 6.07) is 1.26. The highest BCUT2D eigenvalue weighted by Crippen LogP contribution is 2.29. The predicted molar refractivity (Wildman–Crippen MR) is 95.4 cm³/mol. The van der Waals surface area contributed by atoms with Crippen LogP contribution in [0.1, 0.15) is 19.3 Å². The fraction of sp³-hybridized carbons (Fsp3) is 0.353. The fourth-order valence-corrected chi connectivity index (χ4v) is 3.41. The summed E-state index contributed by atoms with van der Waals surface area (Å²) in [5, 5.41) is 24.0. The van der Waals surface area contributed by atoms with Crippen molar-refractivity contribution in [3.05, 3.63) is 35.5 Å². The van der Waals surface area contributed by atoms with Crippen LogP contribution >= 0.6 is 11.6 Å². The first kappa shape index (κ1) is 17.1. The van der Waals surface area contributed by atoms with E-state index in [1.165, 1.54) is 6.20 Å². The number of fused-ring (bicyclic) bond motifs is 1. The summed E-state index contributed by atoms with van der Waals surface area (Å²) >= 11 is 6.01. The second-order valence-corrected chi connectivity index (χ2v) is 6.82. The molecule has 1 aliphatic carbocycles. The molecule has 0 spiro atoms. The van der Waals surface area contributed by atoms with Crippen molar-refractivity contribution in [2.75, 3.05) is 5.32 Å². The normalized spacial score (nSPS) is 23.3. The predicted octanol–water partition coefficient (Wildman–Crippen LogP) is 2.50. The zero-order chi connectivity index (χ0) is 18.3. The van der Waals surface area contributed by atoms with E-state index in [4.69, 9.17) is 11.6 Å². The van der Waals surface area contributed by atoms with E-state index in [1.54, 1.807) is 12.3 Å². The number of H-pyrrole nitrogens is 1. The summed E-state index contributed by atoms with van der Waals surface area (Å²) in [5.41, 5.74) is 1.26. The summed E-state index contributed by atoms with van der Waals surface area (Å²) in [6.07, 6.45) is 4.37. The Labute approximate surface area is 153 Å². The van der Waals surface area contributed by atoms with Gasteiger partial charge in [-0.05, 0) is 25.3 Å². The third-order valence-electron chi connectivity index (χ3n) is 4.63. The Morgan fingerprint density at radius 3 is 2.92 bits per heavy atom. The molecule has 1 aliphatic rings. The summed E-state index contributed by atoms with van der Waals surface area (Å²) in [7, 11) is 0. The summed E-state index contributed by atoms with van der Waals surface area (Å²) in [5.74, 6) is -0.343. The van der Waals surface area contributed by atoms with Crippen LogP contribution in [0.4, 0.5) is 10.2 Å². The van der Waals surface area contributed by atoms with Gasteiger partial charge in [0.15, 0.2) is 17.5 Å². The van der Waals surface area contributed by atoms with E-state index >= 15 is 0 Å². The summed E-state index contributed by atoms with van der Waals surface area (Å²) < 4.78 is 14.2. The number of halogens is 2. The summed E-state index contributed by atoms with van der Waals surface area (Å²) in [4.78, 5) is 15.5. The van der Waals surface area contributed by atoms with E-state index in [0.29, 0.717) is 34.9 Å². The standard InChI is InChI=1S/C17H17ClFN5O2/c18-8-4-9-10(6-21-15(9)20-5-8)16-22-7-11(19)17(24-16)23-12-2-1-3-13(25)14(12)26/h4-7,12-14,25-26H,1-3H2,(H,20,21)(H,22,23,24)/t12-,13+,14-/m1/s1. The van der Waals surface area contributed by atoms with Crippen LogP contribution in [0.25, 0.3) is 22.4 Å². The van der Waals surface area contributed by atoms with Gasteiger partial charge in [0.2, 0.25) is 0 Å². The highest BCUT2D eigenvalue weighted by molar-refractivity contribution is 6.31. The fourth-order valence-electron chi connectivity index (χ4n) is 3.25. The number of aliphatic hydroxyl groups is 2. The topological polar surface area (TPSA) is 107 Å². The molecule has 9 heteroatoms. The lowest BCUT2D eigenvalue weighted by molar-refractivity contribution is -0.0162. The van der Waals surface area contributed by atoms with Gasteiger partial charge in [0.25, 0.3) is 0 Å². The summed E-state index contributed by atoms with van der Waals surface area (Å²) in [6.45, 7) is 0. The van der Waals surface area contributed by atoms with Gasteiger partial charge in [0.1, 0.15) is 5.65 Å². The van der Waals surface area contributed by atoms with Crippen LogP contribution in [0.15, 0.2) is 24.7 Å². The molecule has 7 nitrogen and oxygen atoms in total. The van der Waals surface area contributed by atoms with E-state index in [9.17, 15) is 14.6 Å². The first-order valence-corrected chi connectivity index (χ1v) is 8.69. The molecule has 3 atom stereocenters. The minimum atomic E-state index is -0.974. The number of pyridine rings is 1. The number of nitrogens with zero attached hydrogens (tertiary/aromatic N) is 3. The van der Waals surface area contributed by atoms with Gasteiger partial charge in [-0.2, -0.15) is 0 Å². The second-order valence-electron chi connectivity index (χ2n) is 6.38. The first-order chi connectivity index (χ1) is 12.5. The molecular formula is C17H17ClFN5O2. The molecule has 26 heavy (non-hydrogen) atoms. The molecule has 0 bridgehead atoms. The number of hydrogen-bond donors (Lipinski definition) is 4. The first-order valence-electron chi connectivity index (χ1n) is 8.31. The van der Waals surface area contributed by atoms with Crippen molar-refractivity contribution in [1.82, 2.24) is 19.9 Å². The van der Waals surface area contributed by atoms with Crippen molar-refractivity contribution in [1.29, 1.82) is 0 Å². The average molecular weight is 378 g/mol. The zero-order valence-corrected chi connectivity index (χ0v) is 14.4. The molecule has 1 fully saturated rings. The molecule has 136 valence electrons. The van der Waals surface area contributed by atoms with E-state index in [-0.39, 0.29) is 5.82 Å². The van der Waals surface area contributed by atoms with Crippen molar-refractivity contribution in [2.45, 2.75) is 37.5 Å². The van der Waals surface area contributed by atoms with Crippen LogP contribution in [0, 0.1) is 5.82 Å². The quantitative estimate of drug-likeness (QED) is 0.558. The van der Waals surface area contributed by atoms with Gasteiger partial charge in [0.05, 0.1) is 29.5 Å². The van der Waals surface area contributed by atoms with Crippen molar-refractivity contribution < 1.29 is 14.6 Å². The third-order valence-corrected chi connectivity index (χ3v) is 4.83. The third kappa shape index (κ3) is 3.11. The van der Waals surface area contributed by atoms with Crippen LogP contribution in [0.5, 0.6) is 0 Å². The van der Waals surface area contributed by atoms with Gasteiger partial charge >= 0.3 is 0 Å². The molecule has 4 N–H and O–H groups in total. The van der Waals surface area contributed by atoms with Crippen LogP contribution in [0.2, 0.25) is 5.02 Å². The number of nitrogens with one attached hydrogen (secondary N) is 2. The van der Waals surface area contributed by atoms with Gasteiger partial charge in [-0.25, -0.2) is 19.3 Å². The SMILES string of the molecule is O[C@H]1[C@@H](O)CCC[C@H]1Nc1nc(-c2c[nH]c3ncc(Cl)cc23)ncc1F. The highest BCUT2D eigenvalue weighted by atomic mass is 35.5. The monoisotopic (exact) mass is 377 g/mol. The molecule has 0 aliphatic heterocycles. The number of aromatic amines is 1. The molecule has 0 amide bonds. The highest BCUT2D eigenvalue weighted by Gasteiger charge is 2.31. The van der Waals surface area contributed by atoms with E-state index in [1.807, 2.05) is 0 Å². The van der Waals surface area contributed by atoms with Crippen LogP contribution in [-0.2, 0) is 0 Å². The van der Waals surface area contributed by atoms with Crippen molar-refractivity contribution >= 4 is 28.5 Å². The number of rotatable bonds is 3. The maximum Gasteiger partial charge on any atom is 0.183 e. The van der Waals surface area contributed by atoms with Gasteiger partial charge in [0, 0.05) is 23.3 Å². The molecule has 0 radical (unpaired) electrons. The Balaban J connectivity index is 1.68. The van der Waals surface area contributed by atoms with Crippen molar-refractivity contribution in [3.63, 3.8) is 0 Å². The van der Waals surface area contributed by atoms with Crippen LogP contribution < -0.4 is 5.32 Å². The molecule has 0 saturated heterocycles. The van der Waals surface area contributed by atoms with Gasteiger partial charge in [-0.1, -0.05) is 11.6 Å². The van der Waals surface area contributed by atoms with E-state index in [2.05, 4.69) is 25.3 Å². The molecule has 0 aromatic carbocycles. The Bertz CT molecular complexity index is 950. The molecule has 3 heterocycles. The average Bonchev–Trinajstić information content (AvgIpc) is 3.04. The van der Waals surface area contributed by atoms with Crippen molar-refractivity contribution in [3.8, 4) is 11.4 Å². The lowest BCUT2D eigenvalue weighted by Crippen LogP contribution is -2.45. The molecule has 3 aromatic heterocycles. The maximum absolute atomic E-state index is 14.2.